The Morgan fingerprint density at radius 1 is 1.14 bits per heavy atom. The molecule has 0 spiro atoms. The maximum Gasteiger partial charge on any atom is 0.407 e. The van der Waals surface area contributed by atoms with Crippen LogP contribution in [0.4, 0.5) is 10.5 Å². The highest BCUT2D eigenvalue weighted by molar-refractivity contribution is 7.89. The first-order chi connectivity index (χ1) is 20.8. The predicted molar refractivity (Wildman–Crippen MR) is 171 cm³/mol. The SMILES string of the molecule is CCCN(CCCO)C(=O)C1=Cc2ccc(-c3cccc(S(=O)(=O)N4CC(CNC(=O)OC(C)(C)C)C4)c3)cc2N=C(N)C1. The number of nitrogens with two attached hydrogens (primary N) is 1. The van der Waals surface area contributed by atoms with Crippen LogP contribution in [0.2, 0.25) is 0 Å². The van der Waals surface area contributed by atoms with E-state index in [0.717, 1.165) is 17.5 Å². The first kappa shape index (κ1) is 33.2. The van der Waals surface area contributed by atoms with Crippen molar-refractivity contribution >= 4 is 39.6 Å². The number of nitrogens with zero attached hydrogens (tertiary/aromatic N) is 3. The fraction of sp³-hybridized carbons (Fsp3) is 0.469. The van der Waals surface area contributed by atoms with Gasteiger partial charge in [-0.05, 0) is 69.0 Å². The zero-order chi connectivity index (χ0) is 32.1. The molecule has 0 aliphatic carbocycles. The van der Waals surface area contributed by atoms with E-state index in [1.54, 1.807) is 43.9 Å². The number of carbonyl (C=O) groups is 2. The molecule has 4 rings (SSSR count). The maximum atomic E-state index is 13.4. The molecule has 2 aromatic rings. The molecule has 44 heavy (non-hydrogen) atoms. The van der Waals surface area contributed by atoms with Crippen molar-refractivity contribution in [3.05, 3.63) is 53.6 Å². The molecule has 1 fully saturated rings. The van der Waals surface area contributed by atoms with E-state index in [1.807, 2.05) is 37.3 Å². The van der Waals surface area contributed by atoms with Crippen molar-refractivity contribution in [2.45, 2.75) is 57.5 Å². The molecule has 0 atom stereocenters. The quantitative estimate of drug-likeness (QED) is 0.342. The third-order valence-corrected chi connectivity index (χ3v) is 9.13. The molecule has 12 heteroatoms. The van der Waals surface area contributed by atoms with Crippen LogP contribution in [0.5, 0.6) is 0 Å². The van der Waals surface area contributed by atoms with E-state index in [0.29, 0.717) is 61.8 Å². The van der Waals surface area contributed by atoms with Gasteiger partial charge in [-0.1, -0.05) is 31.2 Å². The number of aliphatic hydroxyl groups is 1. The summed E-state index contributed by atoms with van der Waals surface area (Å²) in [5, 5.41) is 12.0. The van der Waals surface area contributed by atoms with Crippen LogP contribution in [0, 0.1) is 5.92 Å². The third-order valence-electron chi connectivity index (χ3n) is 7.30. The Balaban J connectivity index is 1.48. The zero-order valence-electron chi connectivity index (χ0n) is 25.9. The molecule has 0 aromatic heterocycles. The van der Waals surface area contributed by atoms with Gasteiger partial charge in [-0.25, -0.2) is 18.2 Å². The lowest BCUT2D eigenvalue weighted by Crippen LogP contribution is -2.53. The average Bonchev–Trinajstić information content (AvgIpc) is 3.10. The maximum absolute atomic E-state index is 13.4. The van der Waals surface area contributed by atoms with Gasteiger partial charge in [0.05, 0.1) is 10.6 Å². The minimum absolute atomic E-state index is 0.00179. The summed E-state index contributed by atoms with van der Waals surface area (Å²) < 4.78 is 33.4. The Morgan fingerprint density at radius 3 is 2.55 bits per heavy atom. The summed E-state index contributed by atoms with van der Waals surface area (Å²) in [6.45, 7) is 9.35. The normalized spacial score (nSPS) is 15.8. The topological polar surface area (TPSA) is 155 Å². The third kappa shape index (κ3) is 8.25. The number of ether oxygens (including phenoxy) is 1. The molecule has 2 aliphatic rings. The lowest BCUT2D eigenvalue weighted by atomic mass is 10.0. The van der Waals surface area contributed by atoms with Crippen LogP contribution >= 0.6 is 0 Å². The highest BCUT2D eigenvalue weighted by Gasteiger charge is 2.37. The van der Waals surface area contributed by atoms with Crippen LogP contribution in [0.3, 0.4) is 0 Å². The number of fused-ring (bicyclic) bond motifs is 1. The number of rotatable bonds is 11. The van der Waals surface area contributed by atoms with Gasteiger partial charge < -0.3 is 25.8 Å². The fourth-order valence-corrected chi connectivity index (χ4v) is 6.77. The van der Waals surface area contributed by atoms with Crippen LogP contribution in [-0.2, 0) is 19.6 Å². The van der Waals surface area contributed by atoms with E-state index in [-0.39, 0.29) is 29.7 Å². The van der Waals surface area contributed by atoms with Gasteiger partial charge in [0.25, 0.3) is 0 Å². The van der Waals surface area contributed by atoms with Crippen LogP contribution < -0.4 is 11.1 Å². The second-order valence-electron chi connectivity index (χ2n) is 12.2. The molecule has 2 heterocycles. The van der Waals surface area contributed by atoms with Gasteiger partial charge >= 0.3 is 6.09 Å². The van der Waals surface area contributed by atoms with Crippen LogP contribution in [0.25, 0.3) is 17.2 Å². The van der Waals surface area contributed by atoms with Gasteiger partial charge in [-0.15, -0.1) is 0 Å². The zero-order valence-corrected chi connectivity index (χ0v) is 26.7. The second-order valence-corrected chi connectivity index (χ2v) is 14.1. The van der Waals surface area contributed by atoms with E-state index in [9.17, 15) is 23.1 Å². The van der Waals surface area contributed by atoms with Crippen molar-refractivity contribution in [3.63, 3.8) is 0 Å². The van der Waals surface area contributed by atoms with Gasteiger partial charge in [0.1, 0.15) is 11.4 Å². The number of carbonyl (C=O) groups excluding carboxylic acids is 2. The Hall–Kier alpha value is -3.74. The molecule has 0 bridgehead atoms. The van der Waals surface area contributed by atoms with Gasteiger partial charge in [0.15, 0.2) is 0 Å². The first-order valence-corrected chi connectivity index (χ1v) is 16.4. The molecular formula is C32H43N5O6S. The molecule has 238 valence electrons. The molecule has 2 amide bonds. The van der Waals surface area contributed by atoms with E-state index < -0.39 is 21.7 Å². The molecule has 0 saturated carbocycles. The number of amides is 2. The molecule has 0 unspecified atom stereocenters. The summed E-state index contributed by atoms with van der Waals surface area (Å²) in [5.74, 6) is 0.188. The number of aliphatic imine (C=N–C) groups is 1. The number of sulfonamides is 1. The summed E-state index contributed by atoms with van der Waals surface area (Å²) in [6.07, 6.45) is 2.80. The van der Waals surface area contributed by atoms with E-state index in [4.69, 9.17) is 10.5 Å². The Morgan fingerprint density at radius 2 is 1.86 bits per heavy atom. The summed E-state index contributed by atoms with van der Waals surface area (Å²) in [6, 6.07) is 12.3. The monoisotopic (exact) mass is 625 g/mol. The van der Waals surface area contributed by atoms with Gasteiger partial charge in [0.2, 0.25) is 15.9 Å². The minimum atomic E-state index is -3.73. The van der Waals surface area contributed by atoms with E-state index in [2.05, 4.69) is 10.3 Å². The van der Waals surface area contributed by atoms with Crippen molar-refractivity contribution in [1.82, 2.24) is 14.5 Å². The van der Waals surface area contributed by atoms with Crippen molar-refractivity contribution in [2.24, 2.45) is 16.6 Å². The van der Waals surface area contributed by atoms with Gasteiger partial charge in [0, 0.05) is 62.8 Å². The van der Waals surface area contributed by atoms with Gasteiger partial charge in [-0.2, -0.15) is 4.31 Å². The summed E-state index contributed by atoms with van der Waals surface area (Å²) in [7, 11) is -3.73. The fourth-order valence-electron chi connectivity index (χ4n) is 5.13. The molecule has 2 aliphatic heterocycles. The molecular weight excluding hydrogens is 582 g/mol. The van der Waals surface area contributed by atoms with Crippen LogP contribution in [-0.4, -0.2) is 85.5 Å². The largest absolute Gasteiger partial charge is 0.444 e. The summed E-state index contributed by atoms with van der Waals surface area (Å²) in [5.41, 5.74) is 8.97. The molecule has 4 N–H and O–H groups in total. The summed E-state index contributed by atoms with van der Waals surface area (Å²) >= 11 is 0. The predicted octanol–water partition coefficient (Wildman–Crippen LogP) is 3.90. The highest BCUT2D eigenvalue weighted by atomic mass is 32.2. The van der Waals surface area contributed by atoms with Crippen LogP contribution in [0.15, 0.2) is 57.9 Å². The smallest absolute Gasteiger partial charge is 0.407 e. The number of hydrogen-bond acceptors (Lipinski definition) is 8. The highest BCUT2D eigenvalue weighted by Crippen LogP contribution is 2.34. The Bertz CT molecular complexity index is 1540. The minimum Gasteiger partial charge on any atom is -0.444 e. The molecule has 0 radical (unpaired) electrons. The van der Waals surface area contributed by atoms with Crippen molar-refractivity contribution in [3.8, 4) is 11.1 Å². The summed E-state index contributed by atoms with van der Waals surface area (Å²) in [4.78, 5) is 31.7. The van der Waals surface area contributed by atoms with Crippen molar-refractivity contribution in [1.29, 1.82) is 0 Å². The Labute approximate surface area is 259 Å². The lowest BCUT2D eigenvalue weighted by molar-refractivity contribution is -0.127. The van der Waals surface area contributed by atoms with Crippen molar-refractivity contribution in [2.75, 3.05) is 39.3 Å². The number of amidine groups is 1. The van der Waals surface area contributed by atoms with Crippen LogP contribution in [0.1, 0.15) is 52.5 Å². The Kier molecular flexibility index (Phi) is 10.5. The van der Waals surface area contributed by atoms with E-state index in [1.165, 1.54) is 4.31 Å². The number of aliphatic hydroxyl groups excluding tert-OH is 1. The van der Waals surface area contributed by atoms with Crippen molar-refractivity contribution < 1.29 is 27.9 Å². The van der Waals surface area contributed by atoms with E-state index >= 15 is 0 Å². The number of nitrogens with one attached hydrogen (secondary N) is 1. The molecule has 1 saturated heterocycles. The second kappa shape index (κ2) is 13.9. The lowest BCUT2D eigenvalue weighted by Gasteiger charge is -2.38. The van der Waals surface area contributed by atoms with Gasteiger partial charge in [-0.3, -0.25) is 4.79 Å². The molecule has 2 aromatic carbocycles. The number of benzene rings is 2. The first-order valence-electron chi connectivity index (χ1n) is 15.0. The number of hydrogen-bond donors (Lipinski definition) is 3. The average molecular weight is 626 g/mol. The molecule has 11 nitrogen and oxygen atoms in total. The standard InChI is InChI=1S/C32H43N5O6S/c1-5-12-36(13-7-14-38)30(39)26-15-25-11-10-24(17-28(25)35-29(33)18-26)23-8-6-9-27(16-23)44(41,42)37-20-22(21-37)19-34-31(40)43-32(2,3)4/h6,8-11,15-17,22,38H,5,7,12-14,18-21H2,1-4H3,(H2,33,35)(H,34,40). The number of alkyl carbamates (subject to hydrolysis) is 1.